The van der Waals surface area contributed by atoms with Crippen molar-refractivity contribution in [2.45, 2.75) is 45.1 Å². The molecule has 1 heterocycles. The van der Waals surface area contributed by atoms with Crippen LogP contribution in [0.5, 0.6) is 0 Å². The summed E-state index contributed by atoms with van der Waals surface area (Å²) in [5, 5.41) is 13.3. The summed E-state index contributed by atoms with van der Waals surface area (Å²) in [6.45, 7) is 8.48. The van der Waals surface area contributed by atoms with Gasteiger partial charge >= 0.3 is 0 Å². The number of rotatable bonds is 6. The number of morpholine rings is 1. The highest BCUT2D eigenvalue weighted by Crippen LogP contribution is 2.16. The molecule has 4 unspecified atom stereocenters. The molecule has 0 radical (unpaired) electrons. The van der Waals surface area contributed by atoms with Crippen LogP contribution in [-0.4, -0.2) is 54.5 Å². The zero-order chi connectivity index (χ0) is 17.0. The standard InChI is InChI=1S/C17H26F2N2O2/c1-11-8-21(9-12(2)23-11)10-15(22)7-20-13(3)14-4-5-16(18)17(19)6-14/h4-6,11-13,15,20,22H,7-10H2,1-3H3. The first kappa shape index (κ1) is 18.3. The Kier molecular flexibility index (Phi) is 6.47. The third kappa shape index (κ3) is 5.49. The zero-order valence-electron chi connectivity index (χ0n) is 13.9. The third-order valence-electron chi connectivity index (χ3n) is 4.07. The predicted molar refractivity (Wildman–Crippen MR) is 85.2 cm³/mol. The van der Waals surface area contributed by atoms with Crippen molar-refractivity contribution >= 4 is 0 Å². The number of aliphatic hydroxyl groups excluding tert-OH is 1. The Balaban J connectivity index is 1.79. The lowest BCUT2D eigenvalue weighted by atomic mass is 10.1. The Morgan fingerprint density at radius 1 is 1.26 bits per heavy atom. The molecule has 0 amide bonds. The van der Waals surface area contributed by atoms with Crippen molar-refractivity contribution in [3.63, 3.8) is 0 Å². The number of nitrogens with zero attached hydrogens (tertiary/aromatic N) is 1. The molecule has 0 aromatic heterocycles. The van der Waals surface area contributed by atoms with Crippen molar-refractivity contribution in [3.05, 3.63) is 35.4 Å². The lowest BCUT2D eigenvalue weighted by molar-refractivity contribution is -0.0762. The first-order chi connectivity index (χ1) is 10.8. The van der Waals surface area contributed by atoms with Crippen LogP contribution in [0.15, 0.2) is 18.2 Å². The van der Waals surface area contributed by atoms with E-state index in [2.05, 4.69) is 10.2 Å². The van der Waals surface area contributed by atoms with E-state index in [1.54, 1.807) is 6.07 Å². The first-order valence-electron chi connectivity index (χ1n) is 8.09. The van der Waals surface area contributed by atoms with Gasteiger partial charge in [0.25, 0.3) is 0 Å². The average molecular weight is 328 g/mol. The summed E-state index contributed by atoms with van der Waals surface area (Å²) in [5.41, 5.74) is 0.657. The van der Waals surface area contributed by atoms with Gasteiger partial charge in [-0.15, -0.1) is 0 Å². The van der Waals surface area contributed by atoms with Crippen LogP contribution in [0.2, 0.25) is 0 Å². The summed E-state index contributed by atoms with van der Waals surface area (Å²) in [6.07, 6.45) is -0.194. The SMILES string of the molecule is CC1CN(CC(O)CNC(C)c2ccc(F)c(F)c2)CC(C)O1. The largest absolute Gasteiger partial charge is 0.390 e. The van der Waals surface area contributed by atoms with E-state index in [1.807, 2.05) is 20.8 Å². The van der Waals surface area contributed by atoms with Gasteiger partial charge in [-0.3, -0.25) is 4.90 Å². The third-order valence-corrected chi connectivity index (χ3v) is 4.07. The summed E-state index contributed by atoms with van der Waals surface area (Å²) in [7, 11) is 0. The number of halogens is 2. The number of hydrogen-bond donors (Lipinski definition) is 2. The number of aliphatic hydroxyl groups is 1. The molecule has 2 rings (SSSR count). The Bertz CT molecular complexity index is 505. The Morgan fingerprint density at radius 3 is 2.52 bits per heavy atom. The fourth-order valence-corrected chi connectivity index (χ4v) is 3.01. The van der Waals surface area contributed by atoms with Crippen molar-refractivity contribution in [1.29, 1.82) is 0 Å². The second-order valence-electron chi connectivity index (χ2n) is 6.43. The second-order valence-corrected chi connectivity index (χ2v) is 6.43. The molecule has 1 aromatic carbocycles. The van der Waals surface area contributed by atoms with Crippen molar-refractivity contribution < 1.29 is 18.6 Å². The molecule has 1 aliphatic heterocycles. The fraction of sp³-hybridized carbons (Fsp3) is 0.647. The van der Waals surface area contributed by atoms with Gasteiger partial charge in [0.1, 0.15) is 0 Å². The topological polar surface area (TPSA) is 44.7 Å². The summed E-state index contributed by atoms with van der Waals surface area (Å²) < 4.78 is 31.9. The molecule has 0 saturated carbocycles. The first-order valence-corrected chi connectivity index (χ1v) is 8.09. The monoisotopic (exact) mass is 328 g/mol. The van der Waals surface area contributed by atoms with Crippen LogP contribution >= 0.6 is 0 Å². The van der Waals surface area contributed by atoms with E-state index < -0.39 is 17.7 Å². The molecule has 0 bridgehead atoms. The minimum Gasteiger partial charge on any atom is -0.390 e. The van der Waals surface area contributed by atoms with Crippen LogP contribution in [0.4, 0.5) is 8.78 Å². The molecular formula is C17H26F2N2O2. The van der Waals surface area contributed by atoms with Gasteiger partial charge in [-0.25, -0.2) is 8.78 Å². The van der Waals surface area contributed by atoms with E-state index in [-0.39, 0.29) is 18.2 Å². The molecule has 23 heavy (non-hydrogen) atoms. The second kappa shape index (κ2) is 8.15. The maximum absolute atomic E-state index is 13.3. The van der Waals surface area contributed by atoms with Crippen LogP contribution in [0.3, 0.4) is 0 Å². The number of nitrogens with one attached hydrogen (secondary N) is 1. The van der Waals surface area contributed by atoms with Gasteiger partial charge in [0.05, 0.1) is 18.3 Å². The van der Waals surface area contributed by atoms with Crippen LogP contribution in [-0.2, 0) is 4.74 Å². The maximum Gasteiger partial charge on any atom is 0.159 e. The van der Waals surface area contributed by atoms with Gasteiger partial charge in [0, 0.05) is 32.2 Å². The van der Waals surface area contributed by atoms with E-state index >= 15 is 0 Å². The van der Waals surface area contributed by atoms with Crippen LogP contribution in [0.1, 0.15) is 32.4 Å². The van der Waals surface area contributed by atoms with E-state index in [1.165, 1.54) is 6.07 Å². The molecule has 4 nitrogen and oxygen atoms in total. The summed E-state index contributed by atoms with van der Waals surface area (Å²) in [6, 6.07) is 3.69. The minimum absolute atomic E-state index is 0.165. The smallest absolute Gasteiger partial charge is 0.159 e. The van der Waals surface area contributed by atoms with Gasteiger partial charge < -0.3 is 15.2 Å². The molecule has 2 N–H and O–H groups in total. The van der Waals surface area contributed by atoms with Crippen molar-refractivity contribution in [2.24, 2.45) is 0 Å². The quantitative estimate of drug-likeness (QED) is 0.839. The molecule has 1 fully saturated rings. The molecule has 0 spiro atoms. The Hall–Kier alpha value is -1.08. The molecule has 1 saturated heterocycles. The Morgan fingerprint density at radius 2 is 1.91 bits per heavy atom. The van der Waals surface area contributed by atoms with Crippen LogP contribution in [0.25, 0.3) is 0 Å². The molecule has 1 aliphatic rings. The zero-order valence-corrected chi connectivity index (χ0v) is 13.9. The minimum atomic E-state index is -0.854. The fourth-order valence-electron chi connectivity index (χ4n) is 3.01. The van der Waals surface area contributed by atoms with Gasteiger partial charge in [-0.1, -0.05) is 6.07 Å². The van der Waals surface area contributed by atoms with Gasteiger partial charge in [0.15, 0.2) is 11.6 Å². The van der Waals surface area contributed by atoms with E-state index in [4.69, 9.17) is 4.74 Å². The van der Waals surface area contributed by atoms with Crippen LogP contribution in [0, 0.1) is 11.6 Å². The van der Waals surface area contributed by atoms with Crippen LogP contribution < -0.4 is 5.32 Å². The molecule has 130 valence electrons. The maximum atomic E-state index is 13.3. The summed E-state index contributed by atoms with van der Waals surface area (Å²) in [4.78, 5) is 2.19. The lowest BCUT2D eigenvalue weighted by Gasteiger charge is -2.36. The number of ether oxygens (including phenoxy) is 1. The van der Waals surface area contributed by atoms with Gasteiger partial charge in [-0.2, -0.15) is 0 Å². The van der Waals surface area contributed by atoms with E-state index in [0.29, 0.717) is 18.7 Å². The number of hydrogen-bond acceptors (Lipinski definition) is 4. The molecule has 4 atom stereocenters. The molecule has 6 heteroatoms. The Labute approximate surface area is 136 Å². The highest BCUT2D eigenvalue weighted by molar-refractivity contribution is 5.20. The van der Waals surface area contributed by atoms with Gasteiger partial charge in [0.2, 0.25) is 0 Å². The highest BCUT2D eigenvalue weighted by atomic mass is 19.2. The average Bonchev–Trinajstić information content (AvgIpc) is 2.46. The summed E-state index contributed by atoms with van der Waals surface area (Å²) >= 11 is 0. The number of β-amino-alcohol motifs (C(OH)–C–C–N with tert-alkyl or cyclic N) is 1. The normalized spacial score (nSPS) is 25.3. The molecular weight excluding hydrogens is 302 g/mol. The van der Waals surface area contributed by atoms with E-state index in [9.17, 15) is 13.9 Å². The van der Waals surface area contributed by atoms with Crippen molar-refractivity contribution in [2.75, 3.05) is 26.2 Å². The predicted octanol–water partition coefficient (Wildman–Crippen LogP) is 2.09. The van der Waals surface area contributed by atoms with Gasteiger partial charge in [-0.05, 0) is 38.5 Å². The number of benzene rings is 1. The van der Waals surface area contributed by atoms with Crippen molar-refractivity contribution in [3.8, 4) is 0 Å². The lowest BCUT2D eigenvalue weighted by Crippen LogP contribution is -2.49. The molecule has 0 aliphatic carbocycles. The van der Waals surface area contributed by atoms with Crippen molar-refractivity contribution in [1.82, 2.24) is 10.2 Å². The van der Waals surface area contributed by atoms with E-state index in [0.717, 1.165) is 19.2 Å². The highest BCUT2D eigenvalue weighted by Gasteiger charge is 2.23. The molecule has 1 aromatic rings. The summed E-state index contributed by atoms with van der Waals surface area (Å²) in [5.74, 6) is -1.70.